The zero-order valence-electron chi connectivity index (χ0n) is 8.60. The third kappa shape index (κ3) is 2.22. The maximum Gasteiger partial charge on any atom is 0.281 e. The standard InChI is InChI=1S/C10H10N4OS/c1-6-13-14-10(15-6)16-8-5-3-2-4-7(8)9(11)12/h2-5H,1H3,(H3,11,12). The maximum atomic E-state index is 7.45. The van der Waals surface area contributed by atoms with Crippen molar-refractivity contribution in [1.82, 2.24) is 10.2 Å². The van der Waals surface area contributed by atoms with Gasteiger partial charge < -0.3 is 10.2 Å². The zero-order chi connectivity index (χ0) is 11.5. The number of amidine groups is 1. The quantitative estimate of drug-likeness (QED) is 0.624. The molecule has 0 saturated heterocycles. The van der Waals surface area contributed by atoms with Gasteiger partial charge in [0.05, 0.1) is 0 Å². The van der Waals surface area contributed by atoms with Gasteiger partial charge in [-0.3, -0.25) is 5.41 Å². The van der Waals surface area contributed by atoms with E-state index < -0.39 is 0 Å². The number of nitrogens with one attached hydrogen (secondary N) is 1. The minimum atomic E-state index is 0.0272. The lowest BCUT2D eigenvalue weighted by molar-refractivity contribution is 0.429. The summed E-state index contributed by atoms with van der Waals surface area (Å²) >= 11 is 1.30. The lowest BCUT2D eigenvalue weighted by Gasteiger charge is -2.03. The number of benzene rings is 1. The van der Waals surface area contributed by atoms with Crippen LogP contribution in [0.2, 0.25) is 0 Å². The van der Waals surface area contributed by atoms with Crippen LogP contribution >= 0.6 is 11.8 Å². The Morgan fingerprint density at radius 2 is 2.12 bits per heavy atom. The lowest BCUT2D eigenvalue weighted by atomic mass is 10.2. The second-order valence-electron chi connectivity index (χ2n) is 3.10. The van der Waals surface area contributed by atoms with Crippen molar-refractivity contribution in [3.05, 3.63) is 35.7 Å². The average Bonchev–Trinajstić information content (AvgIpc) is 2.64. The number of nitrogens with two attached hydrogens (primary N) is 1. The van der Waals surface area contributed by atoms with E-state index in [0.717, 1.165) is 4.90 Å². The number of rotatable bonds is 3. The Kier molecular flexibility index (Phi) is 2.91. The summed E-state index contributed by atoms with van der Waals surface area (Å²) in [4.78, 5) is 0.832. The van der Waals surface area contributed by atoms with Gasteiger partial charge in [0.25, 0.3) is 5.22 Å². The molecule has 16 heavy (non-hydrogen) atoms. The van der Waals surface area contributed by atoms with Crippen LogP contribution in [0.4, 0.5) is 0 Å². The molecule has 0 aliphatic carbocycles. The molecule has 6 heteroatoms. The highest BCUT2D eigenvalue weighted by atomic mass is 32.2. The predicted octanol–water partition coefficient (Wildman–Crippen LogP) is 1.81. The summed E-state index contributed by atoms with van der Waals surface area (Å²) < 4.78 is 5.25. The number of hydrogen-bond acceptors (Lipinski definition) is 5. The van der Waals surface area contributed by atoms with Gasteiger partial charge in [-0.05, 0) is 17.8 Å². The predicted molar refractivity (Wildman–Crippen MR) is 60.6 cm³/mol. The molecule has 0 aliphatic rings. The normalized spacial score (nSPS) is 10.3. The molecule has 5 nitrogen and oxygen atoms in total. The summed E-state index contributed by atoms with van der Waals surface area (Å²) in [6.45, 7) is 1.73. The fraction of sp³-hybridized carbons (Fsp3) is 0.100. The monoisotopic (exact) mass is 234 g/mol. The van der Waals surface area contributed by atoms with Crippen molar-refractivity contribution < 1.29 is 4.42 Å². The van der Waals surface area contributed by atoms with Crippen LogP contribution in [0.5, 0.6) is 0 Å². The van der Waals surface area contributed by atoms with Gasteiger partial charge in [-0.15, -0.1) is 10.2 Å². The van der Waals surface area contributed by atoms with Crippen molar-refractivity contribution in [2.24, 2.45) is 5.73 Å². The van der Waals surface area contributed by atoms with Crippen molar-refractivity contribution in [3.8, 4) is 0 Å². The summed E-state index contributed by atoms with van der Waals surface area (Å²) in [5.41, 5.74) is 6.15. The van der Waals surface area contributed by atoms with Crippen molar-refractivity contribution >= 4 is 17.6 Å². The first-order chi connectivity index (χ1) is 7.66. The number of aromatic nitrogens is 2. The van der Waals surface area contributed by atoms with Gasteiger partial charge in [0, 0.05) is 17.4 Å². The molecule has 3 N–H and O–H groups in total. The van der Waals surface area contributed by atoms with Crippen LogP contribution in [0, 0.1) is 12.3 Å². The van der Waals surface area contributed by atoms with Gasteiger partial charge >= 0.3 is 0 Å². The minimum absolute atomic E-state index is 0.0272. The Hall–Kier alpha value is -1.82. The molecule has 0 unspecified atom stereocenters. The molecular weight excluding hydrogens is 224 g/mol. The highest BCUT2D eigenvalue weighted by Crippen LogP contribution is 2.28. The first-order valence-corrected chi connectivity index (χ1v) is 5.40. The van der Waals surface area contributed by atoms with Crippen LogP contribution in [-0.2, 0) is 0 Å². The summed E-state index contributed by atoms with van der Waals surface area (Å²) in [6.07, 6.45) is 0. The van der Waals surface area contributed by atoms with Crippen LogP contribution < -0.4 is 5.73 Å². The highest BCUT2D eigenvalue weighted by molar-refractivity contribution is 7.99. The molecule has 0 aliphatic heterocycles. The topological polar surface area (TPSA) is 88.8 Å². The Morgan fingerprint density at radius 3 is 2.75 bits per heavy atom. The van der Waals surface area contributed by atoms with E-state index in [1.54, 1.807) is 13.0 Å². The largest absolute Gasteiger partial charge is 0.416 e. The molecular formula is C10H10N4OS. The fourth-order valence-electron chi connectivity index (χ4n) is 1.19. The number of aryl methyl sites for hydroxylation is 1. The third-order valence-electron chi connectivity index (χ3n) is 1.88. The van der Waals surface area contributed by atoms with Crippen molar-refractivity contribution in [2.75, 3.05) is 0 Å². The van der Waals surface area contributed by atoms with Crippen LogP contribution in [0.25, 0.3) is 0 Å². The Morgan fingerprint density at radius 1 is 1.38 bits per heavy atom. The van der Waals surface area contributed by atoms with E-state index in [1.165, 1.54) is 11.8 Å². The van der Waals surface area contributed by atoms with Gasteiger partial charge in [0.2, 0.25) is 5.89 Å². The summed E-state index contributed by atoms with van der Waals surface area (Å²) in [5.74, 6) is 0.544. The van der Waals surface area contributed by atoms with Crippen molar-refractivity contribution in [3.63, 3.8) is 0 Å². The van der Waals surface area contributed by atoms with E-state index in [4.69, 9.17) is 15.6 Å². The van der Waals surface area contributed by atoms with Crippen LogP contribution in [0.3, 0.4) is 0 Å². The van der Waals surface area contributed by atoms with Gasteiger partial charge in [-0.1, -0.05) is 18.2 Å². The molecule has 0 amide bonds. The van der Waals surface area contributed by atoms with Crippen LogP contribution in [-0.4, -0.2) is 16.0 Å². The third-order valence-corrected chi connectivity index (χ3v) is 2.80. The van der Waals surface area contributed by atoms with Gasteiger partial charge in [0.15, 0.2) is 0 Å². The number of nitrogen functional groups attached to an aromatic ring is 1. The van der Waals surface area contributed by atoms with Gasteiger partial charge in [0.1, 0.15) is 5.84 Å². The SMILES string of the molecule is Cc1nnc(Sc2ccccc2C(=N)N)o1. The highest BCUT2D eigenvalue weighted by Gasteiger charge is 2.10. The number of hydrogen-bond donors (Lipinski definition) is 2. The Labute approximate surface area is 96.6 Å². The molecule has 0 spiro atoms. The molecule has 2 rings (SSSR count). The minimum Gasteiger partial charge on any atom is -0.416 e. The van der Waals surface area contributed by atoms with Crippen molar-refractivity contribution in [2.45, 2.75) is 17.0 Å². The Balaban J connectivity index is 2.31. The first kappa shape index (κ1) is 10.7. The molecule has 1 aromatic heterocycles. The maximum absolute atomic E-state index is 7.45. The second-order valence-corrected chi connectivity index (χ2v) is 4.09. The molecule has 0 bridgehead atoms. The summed E-state index contributed by atoms with van der Waals surface area (Å²) in [5, 5.41) is 15.5. The molecule has 0 fully saturated rings. The Bertz CT molecular complexity index is 523. The zero-order valence-corrected chi connectivity index (χ0v) is 9.41. The van der Waals surface area contributed by atoms with E-state index >= 15 is 0 Å². The molecule has 0 atom stereocenters. The van der Waals surface area contributed by atoms with Crippen molar-refractivity contribution in [1.29, 1.82) is 5.41 Å². The molecule has 1 heterocycles. The number of nitrogens with zero attached hydrogens (tertiary/aromatic N) is 2. The molecule has 0 saturated carbocycles. The van der Waals surface area contributed by atoms with E-state index in [0.29, 0.717) is 16.7 Å². The van der Waals surface area contributed by atoms with Gasteiger partial charge in [-0.25, -0.2) is 0 Å². The molecule has 2 aromatic rings. The molecule has 1 aromatic carbocycles. The summed E-state index contributed by atoms with van der Waals surface area (Å²) in [7, 11) is 0. The van der Waals surface area contributed by atoms with Crippen LogP contribution in [0.15, 0.2) is 38.8 Å². The van der Waals surface area contributed by atoms with E-state index in [-0.39, 0.29) is 5.84 Å². The average molecular weight is 234 g/mol. The molecule has 0 radical (unpaired) electrons. The second kappa shape index (κ2) is 4.36. The molecule has 82 valence electrons. The van der Waals surface area contributed by atoms with Gasteiger partial charge in [-0.2, -0.15) is 0 Å². The van der Waals surface area contributed by atoms with E-state index in [2.05, 4.69) is 10.2 Å². The van der Waals surface area contributed by atoms with E-state index in [1.807, 2.05) is 18.2 Å². The first-order valence-electron chi connectivity index (χ1n) is 4.58. The smallest absolute Gasteiger partial charge is 0.281 e. The fourth-order valence-corrected chi connectivity index (χ4v) is 2.06. The van der Waals surface area contributed by atoms with Crippen LogP contribution in [0.1, 0.15) is 11.5 Å². The van der Waals surface area contributed by atoms with E-state index in [9.17, 15) is 0 Å². The summed E-state index contributed by atoms with van der Waals surface area (Å²) in [6, 6.07) is 7.35. The lowest BCUT2D eigenvalue weighted by Crippen LogP contribution is -2.11.